The Hall–Kier alpha value is -2.64. The summed E-state index contributed by atoms with van der Waals surface area (Å²) in [6, 6.07) is 4.42. The second-order valence-corrected chi connectivity index (χ2v) is 7.20. The standard InChI is InChI=1S/C19H26FN5O2/c1-24(2)19(27)25-10-4-5-13(12-25)18(26)21-9-3-6-17-22-15-8-7-14(20)11-16(15)23-17/h7-8,11,13H,3-6,9-10,12H2,1-2H3,(H,21,26)(H,22,23). The second-order valence-electron chi connectivity index (χ2n) is 7.20. The smallest absolute Gasteiger partial charge is 0.319 e. The molecule has 0 bridgehead atoms. The van der Waals surface area contributed by atoms with Gasteiger partial charge in [-0.05, 0) is 37.5 Å². The van der Waals surface area contributed by atoms with Gasteiger partial charge < -0.3 is 20.1 Å². The first-order valence-corrected chi connectivity index (χ1v) is 9.32. The van der Waals surface area contributed by atoms with E-state index >= 15 is 0 Å². The van der Waals surface area contributed by atoms with Crippen LogP contribution in [0.15, 0.2) is 18.2 Å². The van der Waals surface area contributed by atoms with Crippen LogP contribution in [0.3, 0.4) is 0 Å². The number of rotatable bonds is 5. The van der Waals surface area contributed by atoms with E-state index in [9.17, 15) is 14.0 Å². The molecule has 3 amide bonds. The van der Waals surface area contributed by atoms with Gasteiger partial charge in [0, 0.05) is 40.2 Å². The lowest BCUT2D eigenvalue weighted by Crippen LogP contribution is -2.48. The minimum atomic E-state index is -0.292. The normalized spacial score (nSPS) is 17.1. The fourth-order valence-corrected chi connectivity index (χ4v) is 3.41. The summed E-state index contributed by atoms with van der Waals surface area (Å²) >= 11 is 0. The van der Waals surface area contributed by atoms with Crippen LogP contribution in [0.1, 0.15) is 25.1 Å². The Morgan fingerprint density at radius 2 is 2.22 bits per heavy atom. The number of carbonyl (C=O) groups is 2. The molecule has 1 saturated heterocycles. The van der Waals surface area contributed by atoms with E-state index in [1.54, 1.807) is 30.0 Å². The first kappa shape index (κ1) is 19.1. The van der Waals surface area contributed by atoms with Gasteiger partial charge in [-0.3, -0.25) is 4.79 Å². The predicted octanol–water partition coefficient (Wildman–Crippen LogP) is 2.14. The molecule has 2 heterocycles. The van der Waals surface area contributed by atoms with Gasteiger partial charge in [0.05, 0.1) is 17.0 Å². The number of likely N-dealkylation sites (tertiary alicyclic amines) is 1. The monoisotopic (exact) mass is 375 g/mol. The number of piperidine rings is 1. The lowest BCUT2D eigenvalue weighted by atomic mass is 9.97. The van der Waals surface area contributed by atoms with Crippen molar-refractivity contribution in [3.63, 3.8) is 0 Å². The minimum Gasteiger partial charge on any atom is -0.356 e. The third-order valence-electron chi connectivity index (χ3n) is 4.83. The lowest BCUT2D eigenvalue weighted by Gasteiger charge is -2.33. The van der Waals surface area contributed by atoms with Crippen molar-refractivity contribution in [3.05, 3.63) is 29.8 Å². The van der Waals surface area contributed by atoms with E-state index < -0.39 is 0 Å². The molecule has 2 aromatic rings. The summed E-state index contributed by atoms with van der Waals surface area (Å²) in [6.45, 7) is 1.72. The van der Waals surface area contributed by atoms with Crippen LogP contribution in [-0.2, 0) is 11.2 Å². The number of hydrogen-bond donors (Lipinski definition) is 2. The third kappa shape index (κ3) is 4.75. The number of imidazole rings is 1. The van der Waals surface area contributed by atoms with Gasteiger partial charge in [0.25, 0.3) is 0 Å². The molecule has 1 fully saturated rings. The summed E-state index contributed by atoms with van der Waals surface area (Å²) in [4.78, 5) is 35.3. The number of halogens is 1. The quantitative estimate of drug-likeness (QED) is 0.786. The summed E-state index contributed by atoms with van der Waals surface area (Å²) in [5.41, 5.74) is 1.42. The van der Waals surface area contributed by atoms with Gasteiger partial charge in [-0.1, -0.05) is 0 Å². The van der Waals surface area contributed by atoms with Crippen LogP contribution in [0.2, 0.25) is 0 Å². The second kappa shape index (κ2) is 8.37. The highest BCUT2D eigenvalue weighted by Crippen LogP contribution is 2.18. The molecule has 3 rings (SSSR count). The van der Waals surface area contributed by atoms with Crippen LogP contribution in [0.25, 0.3) is 11.0 Å². The molecule has 146 valence electrons. The summed E-state index contributed by atoms with van der Waals surface area (Å²) in [6.07, 6.45) is 3.05. The van der Waals surface area contributed by atoms with E-state index in [1.165, 1.54) is 12.1 Å². The van der Waals surface area contributed by atoms with Gasteiger partial charge in [-0.2, -0.15) is 0 Å². The first-order valence-electron chi connectivity index (χ1n) is 9.32. The summed E-state index contributed by atoms with van der Waals surface area (Å²) in [5.74, 6) is 0.333. The molecule has 1 aliphatic heterocycles. The zero-order valence-corrected chi connectivity index (χ0v) is 15.8. The van der Waals surface area contributed by atoms with E-state index in [4.69, 9.17) is 0 Å². The van der Waals surface area contributed by atoms with Crippen molar-refractivity contribution in [1.29, 1.82) is 0 Å². The maximum atomic E-state index is 13.2. The van der Waals surface area contributed by atoms with Crippen molar-refractivity contribution >= 4 is 23.0 Å². The molecule has 1 aromatic carbocycles. The van der Waals surface area contributed by atoms with Crippen molar-refractivity contribution in [3.8, 4) is 0 Å². The highest BCUT2D eigenvalue weighted by Gasteiger charge is 2.28. The average molecular weight is 375 g/mol. The van der Waals surface area contributed by atoms with Crippen molar-refractivity contribution in [2.24, 2.45) is 5.92 Å². The number of nitrogens with zero attached hydrogens (tertiary/aromatic N) is 3. The number of fused-ring (bicyclic) bond motifs is 1. The van der Waals surface area contributed by atoms with Crippen molar-refractivity contribution in [1.82, 2.24) is 25.1 Å². The molecule has 0 spiro atoms. The number of nitrogens with one attached hydrogen (secondary N) is 2. The SMILES string of the molecule is CN(C)C(=O)N1CCCC(C(=O)NCCCc2nc3ccc(F)cc3[nH]2)C1. The van der Waals surface area contributed by atoms with E-state index in [0.29, 0.717) is 31.6 Å². The molecule has 8 heteroatoms. The average Bonchev–Trinajstić information content (AvgIpc) is 3.06. The van der Waals surface area contributed by atoms with Gasteiger partial charge in [-0.15, -0.1) is 0 Å². The van der Waals surface area contributed by atoms with Gasteiger partial charge in [-0.25, -0.2) is 14.2 Å². The van der Waals surface area contributed by atoms with Gasteiger partial charge in [0.2, 0.25) is 5.91 Å². The highest BCUT2D eigenvalue weighted by molar-refractivity contribution is 5.80. The molecule has 1 aromatic heterocycles. The Balaban J connectivity index is 1.44. The third-order valence-corrected chi connectivity index (χ3v) is 4.83. The van der Waals surface area contributed by atoms with Gasteiger partial charge in [0.1, 0.15) is 11.6 Å². The molecule has 7 nitrogen and oxygen atoms in total. The van der Waals surface area contributed by atoms with Gasteiger partial charge >= 0.3 is 6.03 Å². The van der Waals surface area contributed by atoms with E-state index in [-0.39, 0.29) is 23.7 Å². The summed E-state index contributed by atoms with van der Waals surface area (Å²) in [5, 5.41) is 2.96. The Bertz CT molecular complexity index is 820. The molecule has 1 unspecified atom stereocenters. The summed E-state index contributed by atoms with van der Waals surface area (Å²) < 4.78 is 13.2. The number of aromatic amines is 1. The topological polar surface area (TPSA) is 81.3 Å². The van der Waals surface area contributed by atoms with Crippen molar-refractivity contribution in [2.75, 3.05) is 33.7 Å². The molecule has 1 atom stereocenters. The zero-order valence-electron chi connectivity index (χ0n) is 15.8. The molecule has 0 saturated carbocycles. The molecule has 0 aliphatic carbocycles. The van der Waals surface area contributed by atoms with Crippen LogP contribution < -0.4 is 5.32 Å². The van der Waals surface area contributed by atoms with Crippen molar-refractivity contribution < 1.29 is 14.0 Å². The van der Waals surface area contributed by atoms with Gasteiger partial charge in [0.15, 0.2) is 0 Å². The molecular formula is C19H26FN5O2. The maximum absolute atomic E-state index is 13.2. The fourth-order valence-electron chi connectivity index (χ4n) is 3.41. The fraction of sp³-hybridized carbons (Fsp3) is 0.526. The first-order chi connectivity index (χ1) is 12.9. The minimum absolute atomic E-state index is 0.00191. The van der Waals surface area contributed by atoms with E-state index in [0.717, 1.165) is 30.6 Å². The lowest BCUT2D eigenvalue weighted by molar-refractivity contribution is -0.126. The van der Waals surface area contributed by atoms with Crippen LogP contribution in [0.5, 0.6) is 0 Å². The zero-order chi connectivity index (χ0) is 19.4. The Morgan fingerprint density at radius 3 is 3.00 bits per heavy atom. The Morgan fingerprint density at radius 1 is 1.41 bits per heavy atom. The number of amides is 3. The number of H-pyrrole nitrogens is 1. The number of benzene rings is 1. The van der Waals surface area contributed by atoms with E-state index in [1.807, 2.05) is 0 Å². The number of carbonyl (C=O) groups excluding carboxylic acids is 2. The van der Waals surface area contributed by atoms with Crippen LogP contribution in [0.4, 0.5) is 9.18 Å². The van der Waals surface area contributed by atoms with E-state index in [2.05, 4.69) is 15.3 Å². The largest absolute Gasteiger partial charge is 0.356 e. The molecule has 0 radical (unpaired) electrons. The number of urea groups is 1. The van der Waals surface area contributed by atoms with Crippen LogP contribution >= 0.6 is 0 Å². The number of hydrogen-bond acceptors (Lipinski definition) is 3. The molecule has 1 aliphatic rings. The van der Waals surface area contributed by atoms with Crippen LogP contribution in [0, 0.1) is 11.7 Å². The van der Waals surface area contributed by atoms with Crippen molar-refractivity contribution in [2.45, 2.75) is 25.7 Å². The van der Waals surface area contributed by atoms with Crippen LogP contribution in [-0.4, -0.2) is 65.4 Å². The Labute approximate surface area is 157 Å². The highest BCUT2D eigenvalue weighted by atomic mass is 19.1. The number of aryl methyl sites for hydroxylation is 1. The Kier molecular flexibility index (Phi) is 5.93. The molecular weight excluding hydrogens is 349 g/mol. The predicted molar refractivity (Wildman–Crippen MR) is 101 cm³/mol. The molecule has 2 N–H and O–H groups in total. The maximum Gasteiger partial charge on any atom is 0.319 e. The number of aromatic nitrogens is 2. The summed E-state index contributed by atoms with van der Waals surface area (Å²) in [7, 11) is 3.44. The molecule has 27 heavy (non-hydrogen) atoms.